The van der Waals surface area contributed by atoms with Crippen LogP contribution in [-0.2, 0) is 6.11 Å². The first-order valence-electron chi connectivity index (χ1n) is 11.7. The zero-order chi connectivity index (χ0) is 24.3. The maximum Gasteiger partial charge on any atom is 0.432 e. The molecule has 180 valence electrons. The minimum Gasteiger partial charge on any atom is -0.429 e. The monoisotopic (exact) mass is 474 g/mol. The summed E-state index contributed by atoms with van der Waals surface area (Å²) in [7, 11) is 0. The second-order valence-corrected chi connectivity index (χ2v) is 9.02. The number of ether oxygens (including phenoxy) is 1. The molecular weight excluding hydrogens is 447 g/mol. The minimum absolute atomic E-state index is 0.0281. The number of benzene rings is 3. The smallest absolute Gasteiger partial charge is 0.429 e. The summed E-state index contributed by atoms with van der Waals surface area (Å²) >= 11 is 0. The Kier molecular flexibility index (Phi) is 7.24. The summed E-state index contributed by atoms with van der Waals surface area (Å²) in [4.78, 5) is 0. The SMILES string of the molecule is CCCC1CCC(c2cc(F)c(C(F)(F)Oc3ccc(-c4ccc(F)cc4)cc3)c(F)c2)CC1. The van der Waals surface area contributed by atoms with Crippen LogP contribution in [0.1, 0.15) is 62.5 Å². The molecule has 0 heterocycles. The van der Waals surface area contributed by atoms with E-state index in [1.165, 1.54) is 36.4 Å². The van der Waals surface area contributed by atoms with E-state index >= 15 is 0 Å². The van der Waals surface area contributed by atoms with Gasteiger partial charge in [0.15, 0.2) is 0 Å². The van der Waals surface area contributed by atoms with Crippen LogP contribution < -0.4 is 4.74 Å². The molecular formula is C28H27F5O. The summed E-state index contributed by atoms with van der Waals surface area (Å²) in [6.45, 7) is 2.14. The Morgan fingerprint density at radius 2 is 1.32 bits per heavy atom. The molecule has 0 N–H and O–H groups in total. The molecule has 0 aromatic heterocycles. The van der Waals surface area contributed by atoms with Crippen molar-refractivity contribution in [2.75, 3.05) is 0 Å². The molecule has 3 aromatic rings. The Balaban J connectivity index is 1.49. The maximum atomic E-state index is 14.8. The normalized spacial score (nSPS) is 18.6. The predicted octanol–water partition coefficient (Wildman–Crippen LogP) is 8.97. The first-order valence-corrected chi connectivity index (χ1v) is 11.7. The molecule has 1 fully saturated rings. The molecule has 0 bridgehead atoms. The van der Waals surface area contributed by atoms with Crippen molar-refractivity contribution in [3.8, 4) is 16.9 Å². The van der Waals surface area contributed by atoms with E-state index in [1.807, 2.05) is 0 Å². The van der Waals surface area contributed by atoms with Gasteiger partial charge in [0.25, 0.3) is 0 Å². The van der Waals surface area contributed by atoms with Gasteiger partial charge in [0.1, 0.15) is 28.8 Å². The number of rotatable bonds is 7. The van der Waals surface area contributed by atoms with Gasteiger partial charge < -0.3 is 4.74 Å². The predicted molar refractivity (Wildman–Crippen MR) is 122 cm³/mol. The van der Waals surface area contributed by atoms with Crippen molar-refractivity contribution in [3.05, 3.63) is 89.2 Å². The van der Waals surface area contributed by atoms with E-state index in [0.29, 0.717) is 22.6 Å². The van der Waals surface area contributed by atoms with Crippen molar-refractivity contribution >= 4 is 0 Å². The van der Waals surface area contributed by atoms with Gasteiger partial charge in [0.2, 0.25) is 0 Å². The second kappa shape index (κ2) is 10.2. The summed E-state index contributed by atoms with van der Waals surface area (Å²) in [6, 6.07) is 13.4. The Morgan fingerprint density at radius 3 is 1.85 bits per heavy atom. The molecule has 1 saturated carbocycles. The highest BCUT2D eigenvalue weighted by Gasteiger charge is 2.41. The third-order valence-corrected chi connectivity index (χ3v) is 6.65. The quantitative estimate of drug-likeness (QED) is 0.311. The van der Waals surface area contributed by atoms with Crippen LogP contribution in [0.5, 0.6) is 5.75 Å². The van der Waals surface area contributed by atoms with Crippen LogP contribution in [0.4, 0.5) is 22.0 Å². The Hall–Kier alpha value is -2.89. The highest BCUT2D eigenvalue weighted by molar-refractivity contribution is 5.64. The summed E-state index contributed by atoms with van der Waals surface area (Å²) in [5, 5.41) is 0. The molecule has 1 nitrogen and oxygen atoms in total. The van der Waals surface area contributed by atoms with Gasteiger partial charge in [-0.3, -0.25) is 0 Å². The van der Waals surface area contributed by atoms with Gasteiger partial charge in [-0.1, -0.05) is 44.0 Å². The summed E-state index contributed by atoms with van der Waals surface area (Å²) in [5.41, 5.74) is 0.383. The molecule has 4 rings (SSSR count). The van der Waals surface area contributed by atoms with E-state index in [0.717, 1.165) is 50.7 Å². The molecule has 0 atom stereocenters. The first kappa shape index (κ1) is 24.2. The van der Waals surface area contributed by atoms with Crippen molar-refractivity contribution in [2.45, 2.75) is 57.5 Å². The van der Waals surface area contributed by atoms with Crippen molar-refractivity contribution < 1.29 is 26.7 Å². The molecule has 1 aliphatic carbocycles. The largest absolute Gasteiger partial charge is 0.432 e. The third kappa shape index (κ3) is 5.43. The van der Waals surface area contributed by atoms with Crippen LogP contribution >= 0.6 is 0 Å². The van der Waals surface area contributed by atoms with Gasteiger partial charge >= 0.3 is 6.11 Å². The molecule has 3 aromatic carbocycles. The molecule has 0 saturated heterocycles. The highest BCUT2D eigenvalue weighted by Crippen LogP contribution is 2.41. The van der Waals surface area contributed by atoms with Gasteiger partial charge in [-0.05, 0) is 90.6 Å². The van der Waals surface area contributed by atoms with Gasteiger partial charge in [-0.2, -0.15) is 8.78 Å². The van der Waals surface area contributed by atoms with Crippen LogP contribution in [0.15, 0.2) is 60.7 Å². The lowest BCUT2D eigenvalue weighted by Gasteiger charge is -2.29. The van der Waals surface area contributed by atoms with Gasteiger partial charge in [0.05, 0.1) is 0 Å². The van der Waals surface area contributed by atoms with Crippen LogP contribution in [-0.4, -0.2) is 0 Å². The van der Waals surface area contributed by atoms with Crippen molar-refractivity contribution in [1.82, 2.24) is 0 Å². The Labute approximate surface area is 196 Å². The van der Waals surface area contributed by atoms with E-state index in [2.05, 4.69) is 6.92 Å². The fraction of sp³-hybridized carbons (Fsp3) is 0.357. The van der Waals surface area contributed by atoms with Crippen molar-refractivity contribution in [2.24, 2.45) is 5.92 Å². The van der Waals surface area contributed by atoms with E-state index in [1.54, 1.807) is 12.1 Å². The molecule has 34 heavy (non-hydrogen) atoms. The standard InChI is InChI=1S/C28H27F5O/c1-2-3-18-4-6-21(7-5-18)22-16-25(30)27(26(31)17-22)28(32,33)34-24-14-10-20(11-15-24)19-8-12-23(29)13-9-19/h8-18,21H,2-7H2,1H3. The summed E-state index contributed by atoms with van der Waals surface area (Å²) in [6.07, 6.45) is 1.63. The maximum absolute atomic E-state index is 14.8. The van der Waals surface area contributed by atoms with E-state index in [4.69, 9.17) is 4.74 Å². The lowest BCUT2D eigenvalue weighted by atomic mass is 9.77. The van der Waals surface area contributed by atoms with Gasteiger partial charge in [0, 0.05) is 0 Å². The minimum atomic E-state index is -4.19. The average Bonchev–Trinajstić information content (AvgIpc) is 2.80. The molecule has 0 amide bonds. The van der Waals surface area contributed by atoms with Gasteiger partial charge in [-0.25, -0.2) is 13.2 Å². The molecule has 0 aliphatic heterocycles. The Morgan fingerprint density at radius 1 is 0.794 bits per heavy atom. The van der Waals surface area contributed by atoms with E-state index in [9.17, 15) is 22.0 Å². The first-order chi connectivity index (χ1) is 16.3. The van der Waals surface area contributed by atoms with Crippen LogP contribution in [0.3, 0.4) is 0 Å². The summed E-state index contributed by atoms with van der Waals surface area (Å²) in [5.74, 6) is -2.64. The topological polar surface area (TPSA) is 9.23 Å². The lowest BCUT2D eigenvalue weighted by molar-refractivity contribution is -0.189. The van der Waals surface area contributed by atoms with Crippen molar-refractivity contribution in [3.63, 3.8) is 0 Å². The highest BCUT2D eigenvalue weighted by atomic mass is 19.3. The third-order valence-electron chi connectivity index (χ3n) is 6.65. The Bertz CT molecular complexity index is 1080. The number of hydrogen-bond acceptors (Lipinski definition) is 1. The molecule has 0 spiro atoms. The zero-order valence-electron chi connectivity index (χ0n) is 19.0. The lowest BCUT2D eigenvalue weighted by Crippen LogP contribution is -2.25. The molecule has 0 unspecified atom stereocenters. The molecule has 6 heteroatoms. The fourth-order valence-electron chi connectivity index (χ4n) is 4.86. The number of halogens is 5. The van der Waals surface area contributed by atoms with Crippen LogP contribution in [0.2, 0.25) is 0 Å². The molecule has 0 radical (unpaired) electrons. The second-order valence-electron chi connectivity index (χ2n) is 9.02. The van der Waals surface area contributed by atoms with Crippen LogP contribution in [0.25, 0.3) is 11.1 Å². The summed E-state index contributed by atoms with van der Waals surface area (Å²) < 4.78 is 76.9. The van der Waals surface area contributed by atoms with E-state index in [-0.39, 0.29) is 17.5 Å². The van der Waals surface area contributed by atoms with Gasteiger partial charge in [-0.15, -0.1) is 0 Å². The fourth-order valence-corrected chi connectivity index (χ4v) is 4.86. The number of hydrogen-bond donors (Lipinski definition) is 0. The zero-order valence-corrected chi connectivity index (χ0v) is 19.0. The van der Waals surface area contributed by atoms with Crippen molar-refractivity contribution in [1.29, 1.82) is 0 Å². The van der Waals surface area contributed by atoms with E-state index < -0.39 is 23.3 Å². The van der Waals surface area contributed by atoms with Crippen LogP contribution in [0, 0.1) is 23.4 Å². The molecule has 1 aliphatic rings. The average molecular weight is 475 g/mol. The number of alkyl halides is 2.